The molecule has 1 amide bonds. The van der Waals surface area contributed by atoms with E-state index in [0.717, 1.165) is 12.8 Å². The van der Waals surface area contributed by atoms with Crippen LogP contribution in [-0.4, -0.2) is 40.2 Å². The Morgan fingerprint density at radius 3 is 2.46 bits per heavy atom. The molecule has 1 aliphatic heterocycles. The quantitative estimate of drug-likeness (QED) is 0.774. The number of fused-ring (bicyclic) bond motifs is 1. The lowest BCUT2D eigenvalue weighted by molar-refractivity contribution is -0.114. The van der Waals surface area contributed by atoms with Gasteiger partial charge < -0.3 is 15.5 Å². The van der Waals surface area contributed by atoms with Gasteiger partial charge in [0.25, 0.3) is 0 Å². The number of hydrogen-bond donors (Lipinski definition) is 3. The van der Waals surface area contributed by atoms with Gasteiger partial charge in [-0.25, -0.2) is 0 Å². The SMILES string of the molecule is CC(=O)Nc1cccc(O)c1.Oc1cccc2c1CC(N1CCCC1)C2. The number of carbonyl (C=O) groups is 1. The van der Waals surface area contributed by atoms with E-state index in [1.54, 1.807) is 18.2 Å². The molecule has 5 nitrogen and oxygen atoms in total. The van der Waals surface area contributed by atoms with Crippen LogP contribution in [0.2, 0.25) is 0 Å². The van der Waals surface area contributed by atoms with Crippen molar-refractivity contribution in [1.82, 2.24) is 4.90 Å². The highest BCUT2D eigenvalue weighted by atomic mass is 16.3. The summed E-state index contributed by atoms with van der Waals surface area (Å²) in [6, 6.07) is 13.0. The zero-order valence-corrected chi connectivity index (χ0v) is 15.1. The lowest BCUT2D eigenvalue weighted by atomic mass is 10.1. The van der Waals surface area contributed by atoms with E-state index in [1.807, 2.05) is 12.1 Å². The Kier molecular flexibility index (Phi) is 5.78. The van der Waals surface area contributed by atoms with Gasteiger partial charge in [0.2, 0.25) is 5.91 Å². The fourth-order valence-electron chi connectivity index (χ4n) is 3.76. The number of phenolic OH excluding ortho intramolecular Hbond substituents is 2. The number of amides is 1. The maximum Gasteiger partial charge on any atom is 0.221 e. The molecule has 1 fully saturated rings. The molecule has 1 saturated heterocycles. The average Bonchev–Trinajstić information content (AvgIpc) is 3.25. The third-order valence-corrected chi connectivity index (χ3v) is 4.97. The van der Waals surface area contributed by atoms with Crippen LogP contribution in [0.5, 0.6) is 11.5 Å². The van der Waals surface area contributed by atoms with Crippen molar-refractivity contribution in [3.63, 3.8) is 0 Å². The van der Waals surface area contributed by atoms with Gasteiger partial charge in [0, 0.05) is 24.7 Å². The van der Waals surface area contributed by atoms with Gasteiger partial charge in [0.05, 0.1) is 0 Å². The van der Waals surface area contributed by atoms with Crippen molar-refractivity contribution >= 4 is 11.6 Å². The van der Waals surface area contributed by atoms with Gasteiger partial charge in [-0.05, 0) is 68.1 Å². The largest absolute Gasteiger partial charge is 0.508 e. The summed E-state index contributed by atoms with van der Waals surface area (Å²) in [4.78, 5) is 13.1. The zero-order chi connectivity index (χ0) is 18.5. The molecule has 2 aromatic rings. The molecule has 1 heterocycles. The molecule has 138 valence electrons. The van der Waals surface area contributed by atoms with E-state index >= 15 is 0 Å². The Labute approximate surface area is 154 Å². The number of rotatable bonds is 2. The molecule has 0 aromatic heterocycles. The number of carbonyl (C=O) groups excluding carboxylic acids is 1. The number of aromatic hydroxyl groups is 2. The molecule has 5 heteroatoms. The molecule has 0 spiro atoms. The highest BCUT2D eigenvalue weighted by molar-refractivity contribution is 5.88. The smallest absolute Gasteiger partial charge is 0.221 e. The highest BCUT2D eigenvalue weighted by Crippen LogP contribution is 2.33. The minimum atomic E-state index is -0.143. The summed E-state index contributed by atoms with van der Waals surface area (Å²) in [6.45, 7) is 3.92. The minimum Gasteiger partial charge on any atom is -0.508 e. The predicted molar refractivity (Wildman–Crippen MR) is 103 cm³/mol. The van der Waals surface area contributed by atoms with E-state index in [0.29, 0.717) is 17.5 Å². The third kappa shape index (κ3) is 4.55. The van der Waals surface area contributed by atoms with Gasteiger partial charge in [0.15, 0.2) is 0 Å². The fraction of sp³-hybridized carbons (Fsp3) is 0.381. The molecule has 1 aliphatic carbocycles. The van der Waals surface area contributed by atoms with Crippen molar-refractivity contribution in [1.29, 1.82) is 0 Å². The molecule has 2 aromatic carbocycles. The zero-order valence-electron chi connectivity index (χ0n) is 15.1. The van der Waals surface area contributed by atoms with Gasteiger partial charge in [0.1, 0.15) is 11.5 Å². The summed E-state index contributed by atoms with van der Waals surface area (Å²) < 4.78 is 0. The summed E-state index contributed by atoms with van der Waals surface area (Å²) in [7, 11) is 0. The fourth-order valence-corrected chi connectivity index (χ4v) is 3.76. The van der Waals surface area contributed by atoms with Crippen molar-refractivity contribution in [3.05, 3.63) is 53.6 Å². The molecule has 26 heavy (non-hydrogen) atoms. The number of likely N-dealkylation sites (tertiary alicyclic amines) is 1. The third-order valence-electron chi connectivity index (χ3n) is 4.97. The molecule has 0 radical (unpaired) electrons. The number of hydrogen-bond acceptors (Lipinski definition) is 4. The molecule has 0 bridgehead atoms. The van der Waals surface area contributed by atoms with Crippen molar-refractivity contribution in [2.45, 2.75) is 38.6 Å². The lowest BCUT2D eigenvalue weighted by Crippen LogP contribution is -2.33. The lowest BCUT2D eigenvalue weighted by Gasteiger charge is -2.22. The predicted octanol–water partition coefficient (Wildman–Crippen LogP) is 3.31. The normalized spacial score (nSPS) is 18.7. The van der Waals surface area contributed by atoms with Gasteiger partial charge in [-0.1, -0.05) is 18.2 Å². The van der Waals surface area contributed by atoms with Gasteiger partial charge in [-0.2, -0.15) is 0 Å². The van der Waals surface area contributed by atoms with Crippen molar-refractivity contribution in [2.75, 3.05) is 18.4 Å². The number of nitrogens with zero attached hydrogens (tertiary/aromatic N) is 1. The van der Waals surface area contributed by atoms with Crippen LogP contribution in [0.4, 0.5) is 5.69 Å². The van der Waals surface area contributed by atoms with Crippen molar-refractivity contribution in [2.24, 2.45) is 0 Å². The van der Waals surface area contributed by atoms with Crippen LogP contribution in [0.15, 0.2) is 42.5 Å². The van der Waals surface area contributed by atoms with Crippen molar-refractivity contribution < 1.29 is 15.0 Å². The minimum absolute atomic E-state index is 0.143. The Morgan fingerprint density at radius 1 is 1.08 bits per heavy atom. The topological polar surface area (TPSA) is 72.8 Å². The Morgan fingerprint density at radius 2 is 1.81 bits per heavy atom. The van der Waals surface area contributed by atoms with Gasteiger partial charge in [-0.15, -0.1) is 0 Å². The first kappa shape index (κ1) is 18.3. The summed E-state index contributed by atoms with van der Waals surface area (Å²) in [5.41, 5.74) is 3.15. The van der Waals surface area contributed by atoms with E-state index in [-0.39, 0.29) is 11.7 Å². The van der Waals surface area contributed by atoms with E-state index in [2.05, 4.69) is 16.3 Å². The monoisotopic (exact) mass is 354 g/mol. The maximum absolute atomic E-state index is 10.5. The molecule has 0 saturated carbocycles. The first-order valence-electron chi connectivity index (χ1n) is 9.13. The maximum atomic E-state index is 10.5. The highest BCUT2D eigenvalue weighted by Gasteiger charge is 2.29. The average molecular weight is 354 g/mol. The van der Waals surface area contributed by atoms with Crippen LogP contribution >= 0.6 is 0 Å². The number of anilines is 1. The number of benzene rings is 2. The standard InChI is InChI=1S/C13H17NO.C8H9NO2/c15-13-5-3-4-10-8-11(9-12(10)13)14-6-1-2-7-14;1-6(10)9-7-3-2-4-8(11)5-7/h3-5,11,15H,1-2,6-9H2;2-5,11H,1H3,(H,9,10). The Bertz CT molecular complexity index is 770. The first-order chi connectivity index (χ1) is 12.5. The van der Waals surface area contributed by atoms with Crippen LogP contribution in [0.25, 0.3) is 0 Å². The summed E-state index contributed by atoms with van der Waals surface area (Å²) in [5, 5.41) is 21.3. The molecule has 2 aliphatic rings. The molecular weight excluding hydrogens is 328 g/mol. The number of phenols is 2. The van der Waals surface area contributed by atoms with E-state index in [4.69, 9.17) is 5.11 Å². The Hall–Kier alpha value is -2.53. The molecule has 4 rings (SSSR count). The van der Waals surface area contributed by atoms with Crippen LogP contribution in [0.1, 0.15) is 30.9 Å². The van der Waals surface area contributed by atoms with E-state index in [9.17, 15) is 9.90 Å². The second-order valence-corrected chi connectivity index (χ2v) is 6.95. The van der Waals surface area contributed by atoms with E-state index in [1.165, 1.54) is 50.0 Å². The van der Waals surface area contributed by atoms with Gasteiger partial charge >= 0.3 is 0 Å². The molecular formula is C21H26N2O3. The molecule has 3 N–H and O–H groups in total. The second kappa shape index (κ2) is 8.23. The van der Waals surface area contributed by atoms with E-state index < -0.39 is 0 Å². The number of nitrogens with one attached hydrogen (secondary N) is 1. The second-order valence-electron chi connectivity index (χ2n) is 6.95. The summed E-state index contributed by atoms with van der Waals surface area (Å²) in [6.07, 6.45) is 4.86. The van der Waals surface area contributed by atoms with Crippen LogP contribution in [0, 0.1) is 0 Å². The molecule has 1 atom stereocenters. The summed E-state index contributed by atoms with van der Waals surface area (Å²) >= 11 is 0. The first-order valence-corrected chi connectivity index (χ1v) is 9.13. The van der Waals surface area contributed by atoms with Crippen LogP contribution in [-0.2, 0) is 17.6 Å². The van der Waals surface area contributed by atoms with Crippen LogP contribution < -0.4 is 5.32 Å². The van der Waals surface area contributed by atoms with Crippen molar-refractivity contribution in [3.8, 4) is 11.5 Å². The molecule has 1 unspecified atom stereocenters. The van der Waals surface area contributed by atoms with Gasteiger partial charge in [-0.3, -0.25) is 9.69 Å². The van der Waals surface area contributed by atoms with Crippen LogP contribution in [0.3, 0.4) is 0 Å². The summed E-state index contributed by atoms with van der Waals surface area (Å²) in [5.74, 6) is 0.501. The Balaban J connectivity index is 0.000000160.